The molecule has 1 heterocycles. The lowest BCUT2D eigenvalue weighted by molar-refractivity contribution is -0.159. The molecule has 1 fully saturated rings. The van der Waals surface area contributed by atoms with E-state index < -0.39 is 11.9 Å². The Labute approximate surface area is 205 Å². The highest BCUT2D eigenvalue weighted by molar-refractivity contribution is 6.27. The standard InChI is InChI=1S/C26H29NO2.C2H2O4/c1-28-25-14-8-13-23(19-25)24-15-16-27(20-24)17-18-29-26(21-9-4-2-5-10-21)22-11-6-3-7-12-22;3-1(4)2(5)6/h2-14,19,24,26H,15-18,20H2,1H3;(H,3,4)(H,5,6). The molecule has 0 amide bonds. The maximum Gasteiger partial charge on any atom is 0.414 e. The van der Waals surface area contributed by atoms with Crippen LogP contribution >= 0.6 is 0 Å². The van der Waals surface area contributed by atoms with Crippen molar-refractivity contribution in [1.82, 2.24) is 4.90 Å². The van der Waals surface area contributed by atoms with Gasteiger partial charge in [0, 0.05) is 13.1 Å². The first kappa shape index (κ1) is 25.9. The minimum atomic E-state index is -1.82. The van der Waals surface area contributed by atoms with Crippen LogP contribution in [0.4, 0.5) is 0 Å². The molecule has 1 unspecified atom stereocenters. The van der Waals surface area contributed by atoms with Crippen LogP contribution in [0.5, 0.6) is 5.75 Å². The van der Waals surface area contributed by atoms with E-state index in [1.807, 2.05) is 6.07 Å². The molecular formula is C28H31NO6. The molecule has 184 valence electrons. The van der Waals surface area contributed by atoms with Crippen molar-refractivity contribution in [1.29, 1.82) is 0 Å². The lowest BCUT2D eigenvalue weighted by atomic mass is 9.98. The summed E-state index contributed by atoms with van der Waals surface area (Å²) in [7, 11) is 1.73. The Morgan fingerprint density at radius 2 is 1.51 bits per heavy atom. The van der Waals surface area contributed by atoms with Gasteiger partial charge in [0.05, 0.1) is 13.7 Å². The topological polar surface area (TPSA) is 96.3 Å². The lowest BCUT2D eigenvalue weighted by Crippen LogP contribution is -2.26. The zero-order chi connectivity index (χ0) is 25.0. The quantitative estimate of drug-likeness (QED) is 0.463. The lowest BCUT2D eigenvalue weighted by Gasteiger charge is -2.22. The van der Waals surface area contributed by atoms with Gasteiger partial charge in [-0.2, -0.15) is 0 Å². The first-order valence-electron chi connectivity index (χ1n) is 11.5. The van der Waals surface area contributed by atoms with Crippen LogP contribution in [0.2, 0.25) is 0 Å². The van der Waals surface area contributed by atoms with Gasteiger partial charge in [-0.25, -0.2) is 9.59 Å². The first-order chi connectivity index (χ1) is 17.0. The monoisotopic (exact) mass is 477 g/mol. The number of carbonyl (C=O) groups is 2. The first-order valence-corrected chi connectivity index (χ1v) is 11.5. The number of methoxy groups -OCH3 is 1. The zero-order valence-corrected chi connectivity index (χ0v) is 19.7. The van der Waals surface area contributed by atoms with E-state index in [1.165, 1.54) is 23.1 Å². The number of hydrogen-bond acceptors (Lipinski definition) is 5. The predicted octanol–water partition coefficient (Wildman–Crippen LogP) is 4.45. The molecule has 0 aliphatic carbocycles. The molecule has 0 spiro atoms. The Kier molecular flexibility index (Phi) is 9.83. The number of likely N-dealkylation sites (tertiary alicyclic amines) is 1. The molecule has 0 aromatic heterocycles. The number of carboxylic acids is 2. The van der Waals surface area contributed by atoms with Crippen molar-refractivity contribution in [2.24, 2.45) is 0 Å². The van der Waals surface area contributed by atoms with Crippen molar-refractivity contribution in [2.75, 3.05) is 33.4 Å². The summed E-state index contributed by atoms with van der Waals surface area (Å²) >= 11 is 0. The number of ether oxygens (including phenoxy) is 2. The fourth-order valence-corrected chi connectivity index (χ4v) is 4.14. The van der Waals surface area contributed by atoms with Crippen molar-refractivity contribution in [3.05, 3.63) is 102 Å². The molecule has 0 saturated carbocycles. The van der Waals surface area contributed by atoms with Crippen LogP contribution in [-0.2, 0) is 14.3 Å². The van der Waals surface area contributed by atoms with Gasteiger partial charge in [-0.05, 0) is 47.7 Å². The molecule has 35 heavy (non-hydrogen) atoms. The van der Waals surface area contributed by atoms with Gasteiger partial charge in [-0.1, -0.05) is 72.8 Å². The maximum absolute atomic E-state index is 9.10. The van der Waals surface area contributed by atoms with E-state index in [4.69, 9.17) is 29.3 Å². The molecule has 4 rings (SSSR count). The summed E-state index contributed by atoms with van der Waals surface area (Å²) in [6.45, 7) is 3.88. The molecular weight excluding hydrogens is 446 g/mol. The molecule has 3 aromatic rings. The zero-order valence-electron chi connectivity index (χ0n) is 19.7. The van der Waals surface area contributed by atoms with Crippen LogP contribution in [0.15, 0.2) is 84.9 Å². The third kappa shape index (κ3) is 7.95. The SMILES string of the molecule is COc1cccc(C2CCN(CCOC(c3ccccc3)c3ccccc3)C2)c1.O=C(O)C(=O)O. The van der Waals surface area contributed by atoms with Crippen molar-refractivity contribution < 1.29 is 29.3 Å². The molecule has 1 atom stereocenters. The molecule has 2 N–H and O–H groups in total. The van der Waals surface area contributed by atoms with Crippen molar-refractivity contribution in [3.63, 3.8) is 0 Å². The summed E-state index contributed by atoms with van der Waals surface area (Å²) in [5.74, 6) is -2.13. The largest absolute Gasteiger partial charge is 0.497 e. The van der Waals surface area contributed by atoms with Gasteiger partial charge < -0.3 is 24.6 Å². The van der Waals surface area contributed by atoms with E-state index in [0.717, 1.165) is 32.0 Å². The summed E-state index contributed by atoms with van der Waals surface area (Å²) in [6, 6.07) is 29.5. The van der Waals surface area contributed by atoms with E-state index >= 15 is 0 Å². The summed E-state index contributed by atoms with van der Waals surface area (Å²) in [6.07, 6.45) is 1.17. The van der Waals surface area contributed by atoms with E-state index in [2.05, 4.69) is 83.8 Å². The summed E-state index contributed by atoms with van der Waals surface area (Å²) < 4.78 is 11.8. The van der Waals surface area contributed by atoms with Crippen LogP contribution in [0.1, 0.15) is 35.1 Å². The Morgan fingerprint density at radius 1 is 0.914 bits per heavy atom. The maximum atomic E-state index is 9.10. The van der Waals surface area contributed by atoms with Gasteiger partial charge in [0.2, 0.25) is 0 Å². The van der Waals surface area contributed by atoms with Crippen molar-refractivity contribution >= 4 is 11.9 Å². The highest BCUT2D eigenvalue weighted by Gasteiger charge is 2.24. The second-order valence-corrected chi connectivity index (χ2v) is 8.25. The molecule has 7 heteroatoms. The minimum Gasteiger partial charge on any atom is -0.497 e. The second-order valence-electron chi connectivity index (χ2n) is 8.25. The van der Waals surface area contributed by atoms with Crippen LogP contribution < -0.4 is 4.74 Å². The molecule has 1 saturated heterocycles. The Hall–Kier alpha value is -3.68. The molecule has 1 aliphatic heterocycles. The third-order valence-corrected chi connectivity index (χ3v) is 5.92. The highest BCUT2D eigenvalue weighted by Crippen LogP contribution is 2.30. The minimum absolute atomic E-state index is 0.0193. The van der Waals surface area contributed by atoms with Gasteiger partial charge in [0.1, 0.15) is 11.9 Å². The number of nitrogens with zero attached hydrogens (tertiary/aromatic N) is 1. The van der Waals surface area contributed by atoms with E-state index in [-0.39, 0.29) is 6.10 Å². The van der Waals surface area contributed by atoms with E-state index in [9.17, 15) is 0 Å². The summed E-state index contributed by atoms with van der Waals surface area (Å²) in [4.78, 5) is 20.7. The molecule has 3 aromatic carbocycles. The number of hydrogen-bond donors (Lipinski definition) is 2. The molecule has 0 bridgehead atoms. The average molecular weight is 478 g/mol. The van der Waals surface area contributed by atoms with Crippen molar-refractivity contribution in [3.8, 4) is 5.75 Å². The fraction of sp³-hybridized carbons (Fsp3) is 0.286. The Balaban J connectivity index is 0.000000509. The Morgan fingerprint density at radius 3 is 2.06 bits per heavy atom. The summed E-state index contributed by atoms with van der Waals surface area (Å²) in [5, 5.41) is 14.8. The number of aliphatic carboxylic acids is 2. The normalized spacial score (nSPS) is 15.3. The van der Waals surface area contributed by atoms with Gasteiger partial charge in [-0.3, -0.25) is 0 Å². The van der Waals surface area contributed by atoms with E-state index in [1.54, 1.807) is 7.11 Å². The third-order valence-electron chi connectivity index (χ3n) is 5.92. The average Bonchev–Trinajstić information content (AvgIpc) is 3.37. The molecule has 1 aliphatic rings. The van der Waals surface area contributed by atoms with Crippen LogP contribution in [-0.4, -0.2) is 60.4 Å². The van der Waals surface area contributed by atoms with Crippen LogP contribution in [0, 0.1) is 0 Å². The van der Waals surface area contributed by atoms with Gasteiger partial charge in [0.25, 0.3) is 0 Å². The number of rotatable bonds is 8. The fourth-order valence-electron chi connectivity index (χ4n) is 4.14. The smallest absolute Gasteiger partial charge is 0.414 e. The van der Waals surface area contributed by atoms with E-state index in [0.29, 0.717) is 5.92 Å². The Bertz CT molecular complexity index is 1020. The van der Waals surface area contributed by atoms with Crippen molar-refractivity contribution in [2.45, 2.75) is 18.4 Å². The summed E-state index contributed by atoms with van der Waals surface area (Å²) in [5.41, 5.74) is 3.78. The van der Waals surface area contributed by atoms with Gasteiger partial charge >= 0.3 is 11.9 Å². The van der Waals surface area contributed by atoms with Gasteiger partial charge in [0.15, 0.2) is 0 Å². The molecule has 0 radical (unpaired) electrons. The van der Waals surface area contributed by atoms with Crippen LogP contribution in [0.25, 0.3) is 0 Å². The highest BCUT2D eigenvalue weighted by atomic mass is 16.5. The van der Waals surface area contributed by atoms with Gasteiger partial charge in [-0.15, -0.1) is 0 Å². The second kappa shape index (κ2) is 13.3. The number of carboxylic acid groups (broad SMARTS) is 2. The molecule has 7 nitrogen and oxygen atoms in total. The van der Waals surface area contributed by atoms with Crippen LogP contribution in [0.3, 0.4) is 0 Å². The number of benzene rings is 3. The predicted molar refractivity (Wildman–Crippen MR) is 133 cm³/mol.